The average molecular weight is 373 g/mol. The van der Waals surface area contributed by atoms with Gasteiger partial charge in [-0.05, 0) is 37.1 Å². The number of methoxy groups -OCH3 is 1. The minimum absolute atomic E-state index is 0.0839. The summed E-state index contributed by atoms with van der Waals surface area (Å²) in [5.74, 6) is -0.243. The van der Waals surface area contributed by atoms with Gasteiger partial charge < -0.3 is 10.1 Å². The summed E-state index contributed by atoms with van der Waals surface area (Å²) in [6.45, 7) is 0.554. The maximum atomic E-state index is 12.3. The van der Waals surface area contributed by atoms with Crippen molar-refractivity contribution in [2.45, 2.75) is 36.2 Å². The van der Waals surface area contributed by atoms with Crippen LogP contribution in [0.1, 0.15) is 19.3 Å². The van der Waals surface area contributed by atoms with Crippen LogP contribution in [0.2, 0.25) is 5.02 Å². The Balaban J connectivity index is 1.84. The summed E-state index contributed by atoms with van der Waals surface area (Å²) in [6.07, 6.45) is 5.46. The average Bonchev–Trinajstić information content (AvgIpc) is 2.98. The van der Waals surface area contributed by atoms with Crippen molar-refractivity contribution in [2.24, 2.45) is 0 Å². The lowest BCUT2D eigenvalue weighted by Gasteiger charge is -2.12. The van der Waals surface area contributed by atoms with Crippen LogP contribution in [0, 0.1) is 0 Å². The number of benzene rings is 1. The Morgan fingerprint density at radius 1 is 1.42 bits per heavy atom. The molecule has 0 bridgehead atoms. The first-order valence-corrected chi connectivity index (χ1v) is 9.51. The number of hydrogen-bond acceptors (Lipinski definition) is 5. The van der Waals surface area contributed by atoms with Gasteiger partial charge in [-0.3, -0.25) is 4.79 Å². The van der Waals surface area contributed by atoms with E-state index in [2.05, 4.69) is 14.8 Å². The van der Waals surface area contributed by atoms with E-state index in [4.69, 9.17) is 11.6 Å². The molecule has 24 heavy (non-hydrogen) atoms. The second kappa shape index (κ2) is 8.62. The largest absolute Gasteiger partial charge is 0.469 e. The summed E-state index contributed by atoms with van der Waals surface area (Å²) in [5.41, 5.74) is 0. The third kappa shape index (κ3) is 5.59. The van der Waals surface area contributed by atoms with E-state index in [1.807, 2.05) is 12.2 Å². The van der Waals surface area contributed by atoms with Crippen LogP contribution in [-0.2, 0) is 19.6 Å². The Kier molecular flexibility index (Phi) is 6.79. The van der Waals surface area contributed by atoms with Crippen LogP contribution < -0.4 is 10.0 Å². The molecule has 8 heteroatoms. The Labute approximate surface area is 147 Å². The van der Waals surface area contributed by atoms with E-state index in [0.717, 1.165) is 0 Å². The van der Waals surface area contributed by atoms with Gasteiger partial charge in [0.1, 0.15) is 0 Å². The number of nitrogens with one attached hydrogen (secondary N) is 2. The topological polar surface area (TPSA) is 84.5 Å². The van der Waals surface area contributed by atoms with Crippen molar-refractivity contribution in [1.29, 1.82) is 0 Å². The number of rotatable bonds is 7. The SMILES string of the molecule is COC(=O)CC/C=C\[C@@H]1C[C@@H](NS(=O)(=O)c2ccc(Cl)cc2)CN1. The number of esters is 1. The summed E-state index contributed by atoms with van der Waals surface area (Å²) in [6, 6.07) is 5.97. The van der Waals surface area contributed by atoms with E-state index in [9.17, 15) is 13.2 Å². The minimum atomic E-state index is -3.56. The molecule has 0 saturated carbocycles. The maximum Gasteiger partial charge on any atom is 0.305 e. The summed E-state index contributed by atoms with van der Waals surface area (Å²) < 4.78 is 31.9. The molecule has 1 heterocycles. The first-order chi connectivity index (χ1) is 11.4. The van der Waals surface area contributed by atoms with Gasteiger partial charge in [0, 0.05) is 30.1 Å². The lowest BCUT2D eigenvalue weighted by atomic mass is 10.1. The molecule has 0 amide bonds. The number of allylic oxidation sites excluding steroid dienone is 1. The second-order valence-corrected chi connectivity index (χ2v) is 7.72. The van der Waals surface area contributed by atoms with E-state index < -0.39 is 10.0 Å². The standard InChI is InChI=1S/C16H21ClN2O4S/c1-23-16(20)5-3-2-4-13-10-14(11-18-13)19-24(21,22)15-8-6-12(17)7-9-15/h2,4,6-9,13-14,18-19H,3,5,10-11H2,1H3/b4-2-/t13-,14-/m1/s1. The zero-order valence-corrected chi connectivity index (χ0v) is 14.9. The third-order valence-electron chi connectivity index (χ3n) is 3.72. The van der Waals surface area contributed by atoms with E-state index >= 15 is 0 Å². The molecule has 0 spiro atoms. The molecule has 1 fully saturated rings. The highest BCUT2D eigenvalue weighted by atomic mass is 35.5. The quantitative estimate of drug-likeness (QED) is 0.563. The number of sulfonamides is 1. The second-order valence-electron chi connectivity index (χ2n) is 5.57. The predicted octanol–water partition coefficient (Wildman–Crippen LogP) is 1.86. The van der Waals surface area contributed by atoms with Crippen molar-refractivity contribution in [3.63, 3.8) is 0 Å². The van der Waals surface area contributed by atoms with E-state index in [-0.39, 0.29) is 22.9 Å². The fourth-order valence-electron chi connectivity index (χ4n) is 2.47. The number of carbonyl (C=O) groups excluding carboxylic acids is 1. The fraction of sp³-hybridized carbons (Fsp3) is 0.438. The van der Waals surface area contributed by atoms with Gasteiger partial charge in [-0.15, -0.1) is 0 Å². The fourth-order valence-corrected chi connectivity index (χ4v) is 3.84. The van der Waals surface area contributed by atoms with Gasteiger partial charge >= 0.3 is 5.97 Å². The van der Waals surface area contributed by atoms with Crippen molar-refractivity contribution >= 4 is 27.6 Å². The zero-order chi connectivity index (χ0) is 17.6. The van der Waals surface area contributed by atoms with Gasteiger partial charge in [-0.2, -0.15) is 0 Å². The molecule has 2 atom stereocenters. The summed E-state index contributed by atoms with van der Waals surface area (Å²) in [7, 11) is -2.19. The van der Waals surface area contributed by atoms with Crippen molar-refractivity contribution in [3.8, 4) is 0 Å². The number of halogens is 1. The minimum Gasteiger partial charge on any atom is -0.469 e. The molecule has 2 rings (SSSR count). The van der Waals surface area contributed by atoms with E-state index in [1.165, 1.54) is 19.2 Å². The van der Waals surface area contributed by atoms with Crippen molar-refractivity contribution < 1.29 is 17.9 Å². The number of ether oxygens (including phenoxy) is 1. The van der Waals surface area contributed by atoms with Crippen LogP contribution >= 0.6 is 11.6 Å². The molecule has 0 aromatic heterocycles. The van der Waals surface area contributed by atoms with Crippen LogP contribution in [0.3, 0.4) is 0 Å². The highest BCUT2D eigenvalue weighted by molar-refractivity contribution is 7.89. The van der Waals surface area contributed by atoms with Gasteiger partial charge in [0.05, 0.1) is 12.0 Å². The Hall–Kier alpha value is -1.41. The van der Waals surface area contributed by atoms with Gasteiger partial charge in [-0.25, -0.2) is 13.1 Å². The monoisotopic (exact) mass is 372 g/mol. The third-order valence-corrected chi connectivity index (χ3v) is 5.51. The molecule has 0 aliphatic carbocycles. The Morgan fingerprint density at radius 2 is 2.12 bits per heavy atom. The zero-order valence-electron chi connectivity index (χ0n) is 13.4. The van der Waals surface area contributed by atoms with Crippen molar-refractivity contribution in [1.82, 2.24) is 10.0 Å². The lowest BCUT2D eigenvalue weighted by molar-refractivity contribution is -0.140. The molecular formula is C16H21ClN2O4S. The maximum absolute atomic E-state index is 12.3. The molecular weight excluding hydrogens is 352 g/mol. The molecule has 1 aromatic carbocycles. The predicted molar refractivity (Wildman–Crippen MR) is 92.4 cm³/mol. The molecule has 0 unspecified atom stereocenters. The lowest BCUT2D eigenvalue weighted by Crippen LogP contribution is -2.36. The smallest absolute Gasteiger partial charge is 0.305 e. The molecule has 1 aromatic rings. The van der Waals surface area contributed by atoms with Crippen molar-refractivity contribution in [2.75, 3.05) is 13.7 Å². The normalized spacial score (nSPS) is 21.2. The van der Waals surface area contributed by atoms with E-state index in [0.29, 0.717) is 30.8 Å². The first-order valence-electron chi connectivity index (χ1n) is 7.65. The highest BCUT2D eigenvalue weighted by Gasteiger charge is 2.27. The van der Waals surface area contributed by atoms with Gasteiger partial charge in [0.25, 0.3) is 0 Å². The van der Waals surface area contributed by atoms with Crippen LogP contribution in [-0.4, -0.2) is 40.1 Å². The van der Waals surface area contributed by atoms with Crippen molar-refractivity contribution in [3.05, 3.63) is 41.4 Å². The molecule has 6 nitrogen and oxygen atoms in total. The summed E-state index contributed by atoms with van der Waals surface area (Å²) in [4.78, 5) is 11.2. The van der Waals surface area contributed by atoms with Crippen LogP contribution in [0.25, 0.3) is 0 Å². The number of hydrogen-bond donors (Lipinski definition) is 2. The molecule has 1 aliphatic heterocycles. The van der Waals surface area contributed by atoms with Crippen LogP contribution in [0.5, 0.6) is 0 Å². The Morgan fingerprint density at radius 3 is 2.79 bits per heavy atom. The Bertz CT molecular complexity index is 689. The molecule has 2 N–H and O–H groups in total. The summed E-state index contributed by atoms with van der Waals surface area (Å²) in [5, 5.41) is 3.74. The van der Waals surface area contributed by atoms with Gasteiger partial charge in [-0.1, -0.05) is 23.8 Å². The molecule has 0 radical (unpaired) electrons. The number of carbonyl (C=O) groups is 1. The van der Waals surface area contributed by atoms with Crippen LogP contribution in [0.15, 0.2) is 41.3 Å². The molecule has 1 aliphatic rings. The molecule has 1 saturated heterocycles. The molecule has 132 valence electrons. The first kappa shape index (κ1) is 18.9. The van der Waals surface area contributed by atoms with Gasteiger partial charge in [0.2, 0.25) is 10.0 Å². The highest BCUT2D eigenvalue weighted by Crippen LogP contribution is 2.16. The van der Waals surface area contributed by atoms with Gasteiger partial charge in [0.15, 0.2) is 0 Å². The van der Waals surface area contributed by atoms with Crippen LogP contribution in [0.4, 0.5) is 0 Å². The summed E-state index contributed by atoms with van der Waals surface area (Å²) >= 11 is 5.78. The van der Waals surface area contributed by atoms with E-state index in [1.54, 1.807) is 12.1 Å².